The van der Waals surface area contributed by atoms with Gasteiger partial charge in [0.25, 0.3) is 0 Å². The fourth-order valence-corrected chi connectivity index (χ4v) is 4.04. The molecule has 0 aromatic rings. The molecule has 2 rings (SSSR count). The molecule has 0 saturated carbocycles. The molecule has 2 heterocycles. The van der Waals surface area contributed by atoms with Gasteiger partial charge in [0, 0.05) is 44.7 Å². The van der Waals surface area contributed by atoms with Crippen molar-refractivity contribution in [1.29, 1.82) is 0 Å². The van der Waals surface area contributed by atoms with E-state index in [0.29, 0.717) is 17.9 Å². The first-order chi connectivity index (χ1) is 11.4. The molecule has 0 aliphatic carbocycles. The molecule has 2 fully saturated rings. The van der Waals surface area contributed by atoms with Crippen LogP contribution in [0.15, 0.2) is 0 Å². The molecule has 1 unspecified atom stereocenters. The fourth-order valence-electron chi connectivity index (χ4n) is 4.04. The number of likely N-dealkylation sites (N-methyl/N-ethyl adjacent to an activating group) is 2. The normalized spacial score (nSPS) is 24.6. The first-order valence-corrected chi connectivity index (χ1v) is 9.73. The van der Waals surface area contributed by atoms with Gasteiger partial charge in [0.1, 0.15) is 0 Å². The number of hydrogen-bond acceptors (Lipinski definition) is 4. The molecule has 24 heavy (non-hydrogen) atoms. The largest absolute Gasteiger partial charge is 0.340 e. The summed E-state index contributed by atoms with van der Waals surface area (Å²) in [6, 6.07) is 1.08. The number of carbonyl (C=O) groups is 1. The van der Waals surface area contributed by atoms with Gasteiger partial charge in [-0.05, 0) is 73.3 Å². The lowest BCUT2D eigenvalue weighted by atomic mass is 9.94. The molecular weight excluding hydrogens is 300 g/mol. The zero-order valence-electron chi connectivity index (χ0n) is 16.5. The van der Waals surface area contributed by atoms with Crippen molar-refractivity contribution in [2.45, 2.75) is 51.6 Å². The summed E-state index contributed by atoms with van der Waals surface area (Å²) >= 11 is 0. The van der Waals surface area contributed by atoms with Crippen LogP contribution in [-0.2, 0) is 4.79 Å². The second kappa shape index (κ2) is 9.16. The van der Waals surface area contributed by atoms with E-state index >= 15 is 0 Å². The van der Waals surface area contributed by atoms with Gasteiger partial charge in [0.2, 0.25) is 5.91 Å². The van der Waals surface area contributed by atoms with Gasteiger partial charge in [-0.2, -0.15) is 0 Å². The van der Waals surface area contributed by atoms with Gasteiger partial charge >= 0.3 is 0 Å². The minimum atomic E-state index is 0.344. The van der Waals surface area contributed by atoms with Crippen LogP contribution in [0.1, 0.15) is 39.5 Å². The first kappa shape index (κ1) is 19.7. The molecule has 0 aromatic carbocycles. The second-order valence-corrected chi connectivity index (χ2v) is 8.36. The quantitative estimate of drug-likeness (QED) is 0.705. The van der Waals surface area contributed by atoms with E-state index in [4.69, 9.17) is 0 Å². The summed E-state index contributed by atoms with van der Waals surface area (Å²) in [6.07, 6.45) is 4.38. The Balaban J connectivity index is 1.72. The summed E-state index contributed by atoms with van der Waals surface area (Å²) < 4.78 is 0. The minimum absolute atomic E-state index is 0.344. The molecule has 0 bridgehead atoms. The number of likely N-dealkylation sites (tertiary alicyclic amines) is 2. The van der Waals surface area contributed by atoms with Crippen LogP contribution in [-0.4, -0.2) is 98.0 Å². The highest BCUT2D eigenvalue weighted by Gasteiger charge is 2.30. The van der Waals surface area contributed by atoms with Crippen molar-refractivity contribution >= 4 is 5.91 Å². The molecule has 1 amide bonds. The van der Waals surface area contributed by atoms with Crippen LogP contribution in [0.25, 0.3) is 0 Å². The predicted octanol–water partition coefficient (Wildman–Crippen LogP) is 1.59. The average Bonchev–Trinajstić information content (AvgIpc) is 2.54. The average molecular weight is 339 g/mol. The Morgan fingerprint density at radius 1 is 1.08 bits per heavy atom. The number of hydrogen-bond donors (Lipinski definition) is 0. The predicted molar refractivity (Wildman–Crippen MR) is 100 cm³/mol. The Morgan fingerprint density at radius 2 is 1.75 bits per heavy atom. The molecule has 2 aliphatic heterocycles. The van der Waals surface area contributed by atoms with E-state index < -0.39 is 0 Å². The Hall–Kier alpha value is -0.650. The number of carbonyl (C=O) groups excluding carboxylic acids is 1. The van der Waals surface area contributed by atoms with E-state index in [1.807, 2.05) is 0 Å². The van der Waals surface area contributed by atoms with Gasteiger partial charge < -0.3 is 19.6 Å². The third-order valence-corrected chi connectivity index (χ3v) is 5.76. The van der Waals surface area contributed by atoms with E-state index in [1.54, 1.807) is 0 Å². The number of piperidine rings is 2. The Bertz CT molecular complexity index is 391. The van der Waals surface area contributed by atoms with Crippen molar-refractivity contribution in [3.05, 3.63) is 0 Å². The van der Waals surface area contributed by atoms with Crippen LogP contribution in [0.3, 0.4) is 0 Å². The van der Waals surface area contributed by atoms with Crippen LogP contribution in [0.5, 0.6) is 0 Å². The monoisotopic (exact) mass is 338 g/mol. The van der Waals surface area contributed by atoms with Gasteiger partial charge in [-0.1, -0.05) is 0 Å². The smallest absolute Gasteiger partial charge is 0.222 e. The number of rotatable bonds is 7. The second-order valence-electron chi connectivity index (χ2n) is 8.36. The van der Waals surface area contributed by atoms with Crippen molar-refractivity contribution in [3.8, 4) is 0 Å². The molecule has 5 heteroatoms. The highest BCUT2D eigenvalue weighted by atomic mass is 16.2. The highest BCUT2D eigenvalue weighted by Crippen LogP contribution is 2.23. The number of nitrogens with zero attached hydrogens (tertiary/aromatic N) is 4. The van der Waals surface area contributed by atoms with E-state index in [-0.39, 0.29) is 0 Å². The topological polar surface area (TPSA) is 30.0 Å². The van der Waals surface area contributed by atoms with E-state index in [9.17, 15) is 4.79 Å². The molecule has 2 saturated heterocycles. The first-order valence-electron chi connectivity index (χ1n) is 9.73. The van der Waals surface area contributed by atoms with Crippen LogP contribution < -0.4 is 0 Å². The Labute approximate surface area is 148 Å². The lowest BCUT2D eigenvalue weighted by Crippen LogP contribution is -2.49. The van der Waals surface area contributed by atoms with E-state index in [1.165, 1.54) is 32.5 Å². The molecule has 2 aliphatic rings. The minimum Gasteiger partial charge on any atom is -0.340 e. The zero-order valence-corrected chi connectivity index (χ0v) is 16.5. The van der Waals surface area contributed by atoms with Crippen LogP contribution in [0.4, 0.5) is 0 Å². The van der Waals surface area contributed by atoms with Crippen LogP contribution >= 0.6 is 0 Å². The van der Waals surface area contributed by atoms with Crippen LogP contribution in [0.2, 0.25) is 0 Å². The van der Waals surface area contributed by atoms with E-state index in [0.717, 1.165) is 38.5 Å². The maximum absolute atomic E-state index is 12.0. The maximum atomic E-state index is 12.0. The summed E-state index contributed by atoms with van der Waals surface area (Å²) in [4.78, 5) is 21.5. The lowest BCUT2D eigenvalue weighted by molar-refractivity contribution is -0.137. The van der Waals surface area contributed by atoms with Crippen molar-refractivity contribution in [2.24, 2.45) is 5.92 Å². The Morgan fingerprint density at radius 3 is 2.33 bits per heavy atom. The summed E-state index contributed by atoms with van der Waals surface area (Å²) in [6.45, 7) is 11.1. The van der Waals surface area contributed by atoms with Crippen molar-refractivity contribution in [3.63, 3.8) is 0 Å². The SMILES string of the molecule is CC(C)N1CC(CN2CCC(N(C)CCN(C)C)CC2)CCC1=O. The summed E-state index contributed by atoms with van der Waals surface area (Å²) in [5.74, 6) is 1.01. The van der Waals surface area contributed by atoms with Gasteiger partial charge in [0.05, 0.1) is 0 Å². The van der Waals surface area contributed by atoms with Gasteiger partial charge in [-0.15, -0.1) is 0 Å². The molecule has 5 nitrogen and oxygen atoms in total. The zero-order chi connectivity index (χ0) is 17.7. The summed E-state index contributed by atoms with van der Waals surface area (Å²) in [5.41, 5.74) is 0. The summed E-state index contributed by atoms with van der Waals surface area (Å²) in [5, 5.41) is 0. The van der Waals surface area contributed by atoms with Gasteiger partial charge in [0.15, 0.2) is 0 Å². The standard InChI is InChI=1S/C19H38N4O/c1-16(2)23-15-17(6-7-19(23)24)14-22-10-8-18(9-11-22)21(5)13-12-20(3)4/h16-18H,6-15H2,1-5H3. The summed E-state index contributed by atoms with van der Waals surface area (Å²) in [7, 11) is 6.56. The fraction of sp³-hybridized carbons (Fsp3) is 0.947. The molecule has 1 atom stereocenters. The van der Waals surface area contributed by atoms with Crippen LogP contribution in [0, 0.1) is 5.92 Å². The third kappa shape index (κ3) is 5.71. The Kier molecular flexibility index (Phi) is 7.51. The molecule has 0 radical (unpaired) electrons. The molecule has 0 spiro atoms. The highest BCUT2D eigenvalue weighted by molar-refractivity contribution is 5.77. The maximum Gasteiger partial charge on any atom is 0.222 e. The van der Waals surface area contributed by atoms with Gasteiger partial charge in [-0.3, -0.25) is 4.79 Å². The van der Waals surface area contributed by atoms with Crippen molar-refractivity contribution in [2.75, 3.05) is 60.4 Å². The van der Waals surface area contributed by atoms with E-state index in [2.05, 4.69) is 54.6 Å². The lowest BCUT2D eigenvalue weighted by Gasteiger charge is -2.41. The third-order valence-electron chi connectivity index (χ3n) is 5.76. The van der Waals surface area contributed by atoms with Gasteiger partial charge in [-0.25, -0.2) is 0 Å². The molecule has 0 N–H and O–H groups in total. The van der Waals surface area contributed by atoms with Crippen molar-refractivity contribution < 1.29 is 4.79 Å². The molecule has 140 valence electrons. The van der Waals surface area contributed by atoms with Crippen molar-refractivity contribution in [1.82, 2.24) is 19.6 Å². The number of amides is 1. The molecule has 0 aromatic heterocycles. The molecular formula is C19H38N4O.